The van der Waals surface area contributed by atoms with Gasteiger partial charge in [-0.05, 0) is 13.0 Å². The lowest BCUT2D eigenvalue weighted by molar-refractivity contribution is -0.384. The van der Waals surface area contributed by atoms with Gasteiger partial charge >= 0.3 is 0 Å². The number of hydrogen-bond acceptors (Lipinski definition) is 6. The Morgan fingerprint density at radius 3 is 2.84 bits per heavy atom. The molecular formula is C12H10N2O5. The van der Waals surface area contributed by atoms with E-state index in [4.69, 9.17) is 9.26 Å². The Kier molecular flexibility index (Phi) is 3.56. The van der Waals surface area contributed by atoms with Crippen LogP contribution in [0.25, 0.3) is 0 Å². The van der Waals surface area contributed by atoms with Crippen molar-refractivity contribution in [3.8, 4) is 5.75 Å². The largest absolute Gasteiger partial charge is 0.485 e. The lowest BCUT2D eigenvalue weighted by atomic mass is 10.1. The van der Waals surface area contributed by atoms with Crippen LogP contribution in [0.2, 0.25) is 0 Å². The van der Waals surface area contributed by atoms with Crippen molar-refractivity contribution < 1.29 is 19.0 Å². The predicted octanol–water partition coefficient (Wildman–Crippen LogP) is 2.36. The molecule has 0 bridgehead atoms. The maximum Gasteiger partial charge on any atom is 0.270 e. The number of Topliss-reactive ketones (excluding diaryl/α,β-unsaturated/α-hetero) is 1. The van der Waals surface area contributed by atoms with Gasteiger partial charge < -0.3 is 9.26 Å². The summed E-state index contributed by atoms with van der Waals surface area (Å²) in [4.78, 5) is 21.6. The van der Waals surface area contributed by atoms with Crippen LogP contribution in [-0.4, -0.2) is 15.9 Å². The van der Waals surface area contributed by atoms with Crippen LogP contribution in [0, 0.1) is 10.1 Å². The van der Waals surface area contributed by atoms with Crippen LogP contribution in [0.4, 0.5) is 5.69 Å². The first-order chi connectivity index (χ1) is 9.08. The lowest BCUT2D eigenvalue weighted by Crippen LogP contribution is -2.02. The van der Waals surface area contributed by atoms with Crippen molar-refractivity contribution in [2.45, 2.75) is 13.5 Å². The highest BCUT2D eigenvalue weighted by atomic mass is 16.6. The molecule has 1 aromatic carbocycles. The van der Waals surface area contributed by atoms with E-state index < -0.39 is 4.92 Å². The van der Waals surface area contributed by atoms with Crippen molar-refractivity contribution in [1.29, 1.82) is 0 Å². The number of aromatic nitrogens is 1. The second-order valence-corrected chi connectivity index (χ2v) is 3.76. The summed E-state index contributed by atoms with van der Waals surface area (Å²) < 4.78 is 10.2. The monoisotopic (exact) mass is 262 g/mol. The van der Waals surface area contributed by atoms with Gasteiger partial charge in [-0.1, -0.05) is 5.16 Å². The van der Waals surface area contributed by atoms with Gasteiger partial charge in [-0.15, -0.1) is 0 Å². The molecule has 0 aliphatic rings. The van der Waals surface area contributed by atoms with Crippen molar-refractivity contribution >= 4 is 11.5 Å². The molecule has 0 saturated heterocycles. The molecule has 19 heavy (non-hydrogen) atoms. The average molecular weight is 262 g/mol. The number of non-ortho nitro benzene ring substituents is 1. The molecule has 1 heterocycles. The molecule has 7 nitrogen and oxygen atoms in total. The van der Waals surface area contributed by atoms with Gasteiger partial charge in [0, 0.05) is 18.2 Å². The first-order valence-electron chi connectivity index (χ1n) is 5.39. The second-order valence-electron chi connectivity index (χ2n) is 3.76. The maximum atomic E-state index is 11.5. The van der Waals surface area contributed by atoms with Crippen LogP contribution >= 0.6 is 0 Å². The Bertz CT molecular complexity index is 607. The Labute approximate surface area is 107 Å². The molecule has 0 radical (unpaired) electrons. The molecule has 0 atom stereocenters. The normalized spacial score (nSPS) is 10.2. The zero-order chi connectivity index (χ0) is 13.8. The van der Waals surface area contributed by atoms with Gasteiger partial charge in [-0.2, -0.15) is 0 Å². The van der Waals surface area contributed by atoms with Gasteiger partial charge in [0.05, 0.1) is 16.7 Å². The number of benzene rings is 1. The molecule has 2 rings (SSSR count). The van der Waals surface area contributed by atoms with Gasteiger partial charge in [-0.3, -0.25) is 14.9 Å². The fourth-order valence-electron chi connectivity index (χ4n) is 1.50. The number of nitro groups is 1. The minimum Gasteiger partial charge on any atom is -0.485 e. The molecule has 98 valence electrons. The summed E-state index contributed by atoms with van der Waals surface area (Å²) in [5.41, 5.74) is 0.00549. The van der Waals surface area contributed by atoms with Gasteiger partial charge in [0.2, 0.25) is 0 Å². The fourth-order valence-corrected chi connectivity index (χ4v) is 1.50. The highest BCUT2D eigenvalue weighted by Gasteiger charge is 2.15. The van der Waals surface area contributed by atoms with Gasteiger partial charge in [0.15, 0.2) is 11.5 Å². The molecule has 0 N–H and O–H groups in total. The number of ketones is 1. The highest BCUT2D eigenvalue weighted by molar-refractivity contribution is 5.97. The summed E-state index contributed by atoms with van der Waals surface area (Å²) in [5, 5.41) is 14.2. The van der Waals surface area contributed by atoms with Gasteiger partial charge in [0.25, 0.3) is 5.69 Å². The van der Waals surface area contributed by atoms with E-state index in [1.807, 2.05) is 0 Å². The molecule has 0 amide bonds. The summed E-state index contributed by atoms with van der Waals surface area (Å²) in [6.07, 6.45) is 1.47. The Balaban J connectivity index is 2.24. The number of carbonyl (C=O) groups excluding carboxylic acids is 1. The Hall–Kier alpha value is -2.70. The van der Waals surface area contributed by atoms with E-state index in [0.29, 0.717) is 5.76 Å². The van der Waals surface area contributed by atoms with Crippen LogP contribution < -0.4 is 4.74 Å². The smallest absolute Gasteiger partial charge is 0.270 e. The SMILES string of the molecule is CC(=O)c1cc([N+](=O)[O-])ccc1OCc1ccno1. The average Bonchev–Trinajstić information content (AvgIpc) is 2.89. The molecule has 0 spiro atoms. The van der Waals surface area contributed by atoms with Crippen molar-refractivity contribution in [3.05, 3.63) is 51.9 Å². The van der Waals surface area contributed by atoms with E-state index in [2.05, 4.69) is 5.16 Å². The first-order valence-corrected chi connectivity index (χ1v) is 5.39. The Morgan fingerprint density at radius 1 is 1.47 bits per heavy atom. The number of nitro benzene ring substituents is 1. The third-order valence-electron chi connectivity index (χ3n) is 2.41. The fraction of sp³-hybridized carbons (Fsp3) is 0.167. The summed E-state index contributed by atoms with van der Waals surface area (Å²) in [6, 6.07) is 5.49. The van der Waals surface area contributed by atoms with Crippen molar-refractivity contribution in [3.63, 3.8) is 0 Å². The summed E-state index contributed by atoms with van der Waals surface area (Å²) >= 11 is 0. The zero-order valence-corrected chi connectivity index (χ0v) is 10.0. The molecule has 0 unspecified atom stereocenters. The number of rotatable bonds is 5. The molecule has 2 aromatic rings. The van der Waals surface area contributed by atoms with Crippen LogP contribution in [0.1, 0.15) is 23.0 Å². The van der Waals surface area contributed by atoms with E-state index in [-0.39, 0.29) is 29.4 Å². The Morgan fingerprint density at radius 2 is 2.26 bits per heavy atom. The van der Waals surface area contributed by atoms with E-state index in [9.17, 15) is 14.9 Å². The molecule has 0 saturated carbocycles. The summed E-state index contributed by atoms with van der Waals surface area (Å²) in [6.45, 7) is 1.42. The van der Waals surface area contributed by atoms with Crippen molar-refractivity contribution in [1.82, 2.24) is 5.16 Å². The third-order valence-corrected chi connectivity index (χ3v) is 2.41. The second kappa shape index (κ2) is 5.30. The van der Waals surface area contributed by atoms with Crippen LogP contribution in [-0.2, 0) is 6.61 Å². The highest BCUT2D eigenvalue weighted by Crippen LogP contribution is 2.25. The minimum absolute atomic E-state index is 0.0953. The maximum absolute atomic E-state index is 11.5. The number of carbonyl (C=O) groups is 1. The molecular weight excluding hydrogens is 252 g/mol. The standard InChI is InChI=1S/C12H10N2O5/c1-8(15)11-6-9(14(16)17)2-3-12(11)18-7-10-4-5-13-19-10/h2-6H,7H2,1H3. The molecule has 0 aliphatic heterocycles. The van der Waals surface area contributed by atoms with Crippen molar-refractivity contribution in [2.24, 2.45) is 0 Å². The number of hydrogen-bond donors (Lipinski definition) is 0. The summed E-state index contributed by atoms with van der Waals surface area (Å²) in [7, 11) is 0. The first kappa shape index (κ1) is 12.7. The van der Waals surface area contributed by atoms with Crippen LogP contribution in [0.15, 0.2) is 35.0 Å². The molecule has 1 aromatic heterocycles. The quantitative estimate of drug-likeness (QED) is 0.466. The summed E-state index contributed by atoms with van der Waals surface area (Å²) in [5.74, 6) is 0.457. The minimum atomic E-state index is -0.563. The van der Waals surface area contributed by atoms with Gasteiger partial charge in [-0.25, -0.2) is 0 Å². The predicted molar refractivity (Wildman–Crippen MR) is 63.9 cm³/mol. The lowest BCUT2D eigenvalue weighted by Gasteiger charge is -2.07. The molecule has 0 aliphatic carbocycles. The van der Waals surface area contributed by atoms with E-state index in [1.54, 1.807) is 6.07 Å². The van der Waals surface area contributed by atoms with Gasteiger partial charge in [0.1, 0.15) is 12.4 Å². The van der Waals surface area contributed by atoms with E-state index >= 15 is 0 Å². The number of nitrogens with zero attached hydrogens (tertiary/aromatic N) is 2. The van der Waals surface area contributed by atoms with Crippen LogP contribution in [0.3, 0.4) is 0 Å². The van der Waals surface area contributed by atoms with E-state index in [1.165, 1.54) is 31.3 Å². The van der Waals surface area contributed by atoms with Crippen molar-refractivity contribution in [2.75, 3.05) is 0 Å². The van der Waals surface area contributed by atoms with E-state index in [0.717, 1.165) is 0 Å². The number of ether oxygens (including phenoxy) is 1. The third kappa shape index (κ3) is 2.95. The molecule has 7 heteroatoms. The molecule has 0 fully saturated rings. The zero-order valence-electron chi connectivity index (χ0n) is 10.0. The topological polar surface area (TPSA) is 95.5 Å². The van der Waals surface area contributed by atoms with Crippen LogP contribution in [0.5, 0.6) is 5.75 Å².